The van der Waals surface area contributed by atoms with E-state index in [1.165, 1.54) is 0 Å². The van der Waals surface area contributed by atoms with Crippen LogP contribution >= 0.6 is 0 Å². The minimum atomic E-state index is -1.00. The highest BCUT2D eigenvalue weighted by Gasteiger charge is 2.40. The quantitative estimate of drug-likeness (QED) is 0.811. The molecule has 134 valence electrons. The van der Waals surface area contributed by atoms with Gasteiger partial charge in [-0.2, -0.15) is 0 Å². The van der Waals surface area contributed by atoms with Crippen LogP contribution in [0.2, 0.25) is 0 Å². The number of rotatable bonds is 4. The number of aliphatic carboxylic acids is 1. The van der Waals surface area contributed by atoms with Gasteiger partial charge in [0.05, 0.1) is 0 Å². The van der Waals surface area contributed by atoms with Gasteiger partial charge in [-0.3, -0.25) is 0 Å². The summed E-state index contributed by atoms with van der Waals surface area (Å²) >= 11 is 0. The zero-order valence-electron chi connectivity index (χ0n) is 15.7. The molecule has 1 unspecified atom stereocenters. The van der Waals surface area contributed by atoms with Gasteiger partial charge < -0.3 is 15.2 Å². The van der Waals surface area contributed by atoms with E-state index in [4.69, 9.17) is 4.74 Å². The smallest absolute Gasteiger partial charge is 0.408 e. The van der Waals surface area contributed by atoms with Crippen LogP contribution in [0.4, 0.5) is 4.79 Å². The van der Waals surface area contributed by atoms with Gasteiger partial charge in [0, 0.05) is 0 Å². The summed E-state index contributed by atoms with van der Waals surface area (Å²) in [4.78, 5) is 23.4. The molecule has 0 spiro atoms. The molecule has 2 N–H and O–H groups in total. The van der Waals surface area contributed by atoms with Crippen molar-refractivity contribution in [3.8, 4) is 0 Å². The molecule has 5 heteroatoms. The molecular weight excluding hydrogens is 294 g/mol. The molecular formula is C18H33NO4. The first-order chi connectivity index (χ1) is 10.2. The Morgan fingerprint density at radius 1 is 1.17 bits per heavy atom. The fourth-order valence-electron chi connectivity index (χ4n) is 4.25. The fourth-order valence-corrected chi connectivity index (χ4v) is 4.25. The van der Waals surface area contributed by atoms with Crippen molar-refractivity contribution in [3.05, 3.63) is 0 Å². The van der Waals surface area contributed by atoms with Gasteiger partial charge in [0.2, 0.25) is 0 Å². The molecule has 1 aliphatic rings. The van der Waals surface area contributed by atoms with Gasteiger partial charge in [-0.1, -0.05) is 27.7 Å². The zero-order chi connectivity index (χ0) is 18.1. The monoisotopic (exact) mass is 327 g/mol. The average Bonchev–Trinajstić information content (AvgIpc) is 2.20. The molecule has 0 bridgehead atoms. The number of carboxylic acids is 1. The number of hydrogen-bond acceptors (Lipinski definition) is 3. The summed E-state index contributed by atoms with van der Waals surface area (Å²) in [5, 5.41) is 12.0. The van der Waals surface area contributed by atoms with Crippen LogP contribution in [-0.2, 0) is 9.53 Å². The molecule has 0 aromatic rings. The minimum Gasteiger partial charge on any atom is -0.480 e. The van der Waals surface area contributed by atoms with Gasteiger partial charge >= 0.3 is 12.1 Å². The van der Waals surface area contributed by atoms with E-state index >= 15 is 0 Å². The number of hydrogen-bond donors (Lipinski definition) is 2. The highest BCUT2D eigenvalue weighted by atomic mass is 16.6. The molecule has 0 aromatic carbocycles. The average molecular weight is 327 g/mol. The summed E-state index contributed by atoms with van der Waals surface area (Å²) < 4.78 is 5.18. The summed E-state index contributed by atoms with van der Waals surface area (Å²) in [6.07, 6.45) is 2.88. The van der Waals surface area contributed by atoms with E-state index in [2.05, 4.69) is 33.0 Å². The lowest BCUT2D eigenvalue weighted by atomic mass is 9.60. The molecule has 0 radical (unpaired) electrons. The normalized spacial score (nSPS) is 22.2. The number of carbonyl (C=O) groups excluding carboxylic acids is 1. The Hall–Kier alpha value is -1.26. The summed E-state index contributed by atoms with van der Waals surface area (Å²) in [5.74, 6) is -0.721. The van der Waals surface area contributed by atoms with Crippen molar-refractivity contribution in [2.24, 2.45) is 16.7 Å². The van der Waals surface area contributed by atoms with Crippen LogP contribution in [0.1, 0.15) is 74.1 Å². The standard InChI is InChI=1S/C18H33NO4/c1-16(2,3)23-15(22)19-13(14(20)21)8-12-9-17(4,5)11-18(6,7)10-12/h12-13H,8-11H2,1-7H3,(H,19,22)(H,20,21). The lowest BCUT2D eigenvalue weighted by Gasteiger charge is -2.45. The first kappa shape index (κ1) is 19.8. The number of ether oxygens (including phenoxy) is 1. The first-order valence-electron chi connectivity index (χ1n) is 8.41. The molecule has 0 aliphatic heterocycles. The maximum atomic E-state index is 11.9. The molecule has 1 rings (SSSR count). The maximum absolute atomic E-state index is 11.9. The van der Waals surface area contributed by atoms with Gasteiger partial charge in [-0.25, -0.2) is 9.59 Å². The van der Waals surface area contributed by atoms with Crippen LogP contribution in [0.3, 0.4) is 0 Å². The highest BCUT2D eigenvalue weighted by molar-refractivity contribution is 5.80. The summed E-state index contributed by atoms with van der Waals surface area (Å²) in [6, 6.07) is -0.903. The molecule has 0 heterocycles. The van der Waals surface area contributed by atoms with Crippen LogP contribution in [0.25, 0.3) is 0 Å². The third-order valence-electron chi connectivity index (χ3n) is 4.20. The van der Waals surface area contributed by atoms with Gasteiger partial charge in [-0.15, -0.1) is 0 Å². The van der Waals surface area contributed by atoms with Crippen molar-refractivity contribution in [3.63, 3.8) is 0 Å². The van der Waals surface area contributed by atoms with E-state index in [0.717, 1.165) is 19.3 Å². The number of carboxylic acid groups (broad SMARTS) is 1. The highest BCUT2D eigenvalue weighted by Crippen LogP contribution is 2.49. The largest absolute Gasteiger partial charge is 0.480 e. The van der Waals surface area contributed by atoms with Crippen molar-refractivity contribution in [2.75, 3.05) is 0 Å². The molecule has 5 nitrogen and oxygen atoms in total. The van der Waals surface area contributed by atoms with Crippen molar-refractivity contribution in [1.82, 2.24) is 5.32 Å². The Morgan fingerprint density at radius 3 is 2.04 bits per heavy atom. The van der Waals surface area contributed by atoms with Gasteiger partial charge in [0.25, 0.3) is 0 Å². The SMILES string of the molecule is CC1(C)CC(CC(NC(=O)OC(C)(C)C)C(=O)O)CC(C)(C)C1. The topological polar surface area (TPSA) is 75.6 Å². The summed E-state index contributed by atoms with van der Waals surface area (Å²) in [5.41, 5.74) is -0.245. The Morgan fingerprint density at radius 2 is 1.65 bits per heavy atom. The lowest BCUT2D eigenvalue weighted by Crippen LogP contribution is -2.46. The van der Waals surface area contributed by atoms with Gasteiger partial charge in [0.15, 0.2) is 0 Å². The Balaban J connectivity index is 2.72. The zero-order valence-corrected chi connectivity index (χ0v) is 15.7. The predicted octanol–water partition coefficient (Wildman–Crippen LogP) is 4.21. The molecule has 1 aliphatic carbocycles. The molecule has 1 saturated carbocycles. The first-order valence-corrected chi connectivity index (χ1v) is 8.41. The van der Waals surface area contributed by atoms with Crippen LogP contribution in [0.5, 0.6) is 0 Å². The third-order valence-corrected chi connectivity index (χ3v) is 4.20. The van der Waals surface area contributed by atoms with Gasteiger partial charge in [0.1, 0.15) is 11.6 Å². The van der Waals surface area contributed by atoms with Crippen LogP contribution in [0.15, 0.2) is 0 Å². The second kappa shape index (κ2) is 6.70. The van der Waals surface area contributed by atoms with Crippen molar-refractivity contribution in [2.45, 2.75) is 85.8 Å². The van der Waals surface area contributed by atoms with Crippen LogP contribution in [0, 0.1) is 16.7 Å². The predicted molar refractivity (Wildman–Crippen MR) is 90.3 cm³/mol. The van der Waals surface area contributed by atoms with Crippen LogP contribution in [-0.4, -0.2) is 28.8 Å². The number of alkyl carbamates (subject to hydrolysis) is 1. The molecule has 23 heavy (non-hydrogen) atoms. The number of carbonyl (C=O) groups is 2. The van der Waals surface area contributed by atoms with Crippen LogP contribution < -0.4 is 5.32 Å². The van der Waals surface area contributed by atoms with Crippen molar-refractivity contribution in [1.29, 1.82) is 0 Å². The lowest BCUT2D eigenvalue weighted by molar-refractivity contribution is -0.140. The van der Waals surface area contributed by atoms with E-state index in [9.17, 15) is 14.7 Å². The van der Waals surface area contributed by atoms with E-state index in [1.807, 2.05) is 0 Å². The number of amides is 1. The molecule has 1 fully saturated rings. The second-order valence-corrected chi connectivity index (χ2v) is 9.55. The van der Waals surface area contributed by atoms with E-state index in [0.29, 0.717) is 6.42 Å². The Bertz CT molecular complexity index is 432. The Labute approximate surface area is 140 Å². The molecule has 1 amide bonds. The van der Waals surface area contributed by atoms with Gasteiger partial charge in [-0.05, 0) is 63.2 Å². The second-order valence-electron chi connectivity index (χ2n) is 9.55. The maximum Gasteiger partial charge on any atom is 0.408 e. The Kier molecular flexibility index (Phi) is 5.76. The molecule has 0 saturated heterocycles. The fraction of sp³-hybridized carbons (Fsp3) is 0.889. The van der Waals surface area contributed by atoms with Crippen molar-refractivity contribution < 1.29 is 19.4 Å². The molecule has 1 atom stereocenters. The third kappa shape index (κ3) is 7.23. The van der Waals surface area contributed by atoms with E-state index in [-0.39, 0.29) is 16.7 Å². The van der Waals surface area contributed by atoms with E-state index in [1.54, 1.807) is 20.8 Å². The summed E-state index contributed by atoms with van der Waals surface area (Å²) in [7, 11) is 0. The summed E-state index contributed by atoms with van der Waals surface area (Å²) in [6.45, 7) is 14.2. The minimum absolute atomic E-state index is 0.196. The molecule has 0 aromatic heterocycles. The number of nitrogens with one attached hydrogen (secondary N) is 1. The van der Waals surface area contributed by atoms with Crippen molar-refractivity contribution >= 4 is 12.1 Å². The van der Waals surface area contributed by atoms with E-state index < -0.39 is 23.7 Å².